The summed E-state index contributed by atoms with van der Waals surface area (Å²) >= 11 is 1.82. The minimum absolute atomic E-state index is 0.210. The Morgan fingerprint density at radius 1 is 1.47 bits per heavy atom. The van der Waals surface area contributed by atoms with Gasteiger partial charge in [-0.2, -0.15) is 5.26 Å². The number of nitrogens with zero attached hydrogens (tertiary/aromatic N) is 1. The van der Waals surface area contributed by atoms with E-state index in [9.17, 15) is 0 Å². The average Bonchev–Trinajstić information content (AvgIpc) is 2.59. The monoisotopic (exact) mass is 222 g/mol. The van der Waals surface area contributed by atoms with Gasteiger partial charge in [0.05, 0.1) is 11.5 Å². The van der Waals surface area contributed by atoms with E-state index in [0.29, 0.717) is 0 Å². The van der Waals surface area contributed by atoms with E-state index in [1.54, 1.807) is 0 Å². The summed E-state index contributed by atoms with van der Waals surface area (Å²) < 4.78 is 0. The van der Waals surface area contributed by atoms with Crippen molar-refractivity contribution in [1.82, 2.24) is 5.32 Å². The van der Waals surface area contributed by atoms with Crippen LogP contribution in [0.15, 0.2) is 12.1 Å². The summed E-state index contributed by atoms with van der Waals surface area (Å²) in [5, 5.41) is 12.2. The van der Waals surface area contributed by atoms with E-state index in [1.807, 2.05) is 25.2 Å². The van der Waals surface area contributed by atoms with Gasteiger partial charge >= 0.3 is 0 Å². The predicted octanol–water partition coefficient (Wildman–Crippen LogP) is 3.09. The fraction of sp³-hybridized carbons (Fsp3) is 0.583. The lowest BCUT2D eigenvalue weighted by Crippen LogP contribution is -2.20. The Labute approximate surface area is 95.9 Å². The second-order valence-electron chi connectivity index (χ2n) is 4.43. The first-order valence-corrected chi connectivity index (χ1v) is 6.02. The molecule has 0 saturated carbocycles. The molecule has 0 amide bonds. The van der Waals surface area contributed by atoms with Gasteiger partial charge in [-0.3, -0.25) is 0 Å². The highest BCUT2D eigenvalue weighted by molar-refractivity contribution is 7.11. The molecule has 0 aliphatic carbocycles. The van der Waals surface area contributed by atoms with Gasteiger partial charge in [0.15, 0.2) is 0 Å². The van der Waals surface area contributed by atoms with Crippen LogP contribution in [0.25, 0.3) is 0 Å². The first-order chi connectivity index (χ1) is 7.03. The number of nitriles is 1. The third kappa shape index (κ3) is 4.46. The van der Waals surface area contributed by atoms with Crippen LogP contribution < -0.4 is 5.32 Å². The van der Waals surface area contributed by atoms with Crippen molar-refractivity contribution < 1.29 is 0 Å². The molecule has 0 aliphatic rings. The first kappa shape index (κ1) is 12.2. The van der Waals surface area contributed by atoms with Crippen molar-refractivity contribution in [3.63, 3.8) is 0 Å². The Morgan fingerprint density at radius 2 is 2.20 bits per heavy atom. The summed E-state index contributed by atoms with van der Waals surface area (Å²) in [6.45, 7) is 7.89. The van der Waals surface area contributed by atoms with Crippen LogP contribution in [-0.4, -0.2) is 6.54 Å². The van der Waals surface area contributed by atoms with E-state index in [-0.39, 0.29) is 5.41 Å². The van der Waals surface area contributed by atoms with Crippen LogP contribution in [0.2, 0.25) is 0 Å². The fourth-order valence-corrected chi connectivity index (χ4v) is 2.11. The van der Waals surface area contributed by atoms with Gasteiger partial charge < -0.3 is 5.32 Å². The minimum atomic E-state index is -0.210. The van der Waals surface area contributed by atoms with Crippen LogP contribution in [0.4, 0.5) is 0 Å². The van der Waals surface area contributed by atoms with Gasteiger partial charge in [-0.15, -0.1) is 11.3 Å². The largest absolute Gasteiger partial charge is 0.312 e. The molecular formula is C12H18N2S. The highest BCUT2D eigenvalue weighted by atomic mass is 32.1. The van der Waals surface area contributed by atoms with Crippen LogP contribution >= 0.6 is 11.3 Å². The molecule has 0 atom stereocenters. The lowest BCUT2D eigenvalue weighted by atomic mass is 9.91. The van der Waals surface area contributed by atoms with Crippen LogP contribution in [0, 0.1) is 23.7 Å². The van der Waals surface area contributed by atoms with Gasteiger partial charge in [0.1, 0.15) is 0 Å². The fourth-order valence-electron chi connectivity index (χ4n) is 1.25. The molecule has 1 aromatic rings. The van der Waals surface area contributed by atoms with E-state index in [1.165, 1.54) is 9.75 Å². The van der Waals surface area contributed by atoms with Gasteiger partial charge in [-0.1, -0.05) is 0 Å². The van der Waals surface area contributed by atoms with Crippen molar-refractivity contribution in [2.75, 3.05) is 6.54 Å². The van der Waals surface area contributed by atoms with Gasteiger partial charge in [0.2, 0.25) is 0 Å². The predicted molar refractivity (Wildman–Crippen MR) is 64.8 cm³/mol. The van der Waals surface area contributed by atoms with Crippen molar-refractivity contribution >= 4 is 11.3 Å². The molecule has 3 heteroatoms. The Hall–Kier alpha value is -0.850. The SMILES string of the molecule is Cc1ccc(CNCCC(C)(C)C#N)s1. The highest BCUT2D eigenvalue weighted by Crippen LogP contribution is 2.18. The summed E-state index contributed by atoms with van der Waals surface area (Å²) in [6, 6.07) is 6.60. The molecular weight excluding hydrogens is 204 g/mol. The molecule has 1 N–H and O–H groups in total. The normalized spacial score (nSPS) is 11.3. The summed E-state index contributed by atoms with van der Waals surface area (Å²) in [7, 11) is 0. The molecule has 15 heavy (non-hydrogen) atoms. The Morgan fingerprint density at radius 3 is 2.73 bits per heavy atom. The molecule has 0 fully saturated rings. The molecule has 1 heterocycles. The summed E-state index contributed by atoms with van der Waals surface area (Å²) in [5.41, 5.74) is -0.210. The second kappa shape index (κ2) is 5.29. The zero-order valence-electron chi connectivity index (χ0n) is 9.63. The Bertz CT molecular complexity index is 347. The Balaban J connectivity index is 2.21. The smallest absolute Gasteiger partial charge is 0.0684 e. The molecule has 2 nitrogen and oxygen atoms in total. The summed E-state index contributed by atoms with van der Waals surface area (Å²) in [6.07, 6.45) is 0.897. The summed E-state index contributed by atoms with van der Waals surface area (Å²) in [5.74, 6) is 0. The molecule has 0 aliphatic heterocycles. The van der Waals surface area contributed by atoms with E-state index in [0.717, 1.165) is 19.5 Å². The van der Waals surface area contributed by atoms with Crippen molar-refractivity contribution in [2.45, 2.75) is 33.7 Å². The van der Waals surface area contributed by atoms with Crippen LogP contribution in [0.5, 0.6) is 0 Å². The lowest BCUT2D eigenvalue weighted by molar-refractivity contribution is 0.433. The van der Waals surface area contributed by atoms with Crippen LogP contribution in [-0.2, 0) is 6.54 Å². The van der Waals surface area contributed by atoms with Crippen molar-refractivity contribution in [1.29, 1.82) is 5.26 Å². The zero-order chi connectivity index (χ0) is 11.3. The quantitative estimate of drug-likeness (QED) is 0.777. The highest BCUT2D eigenvalue weighted by Gasteiger charge is 2.15. The third-order valence-corrected chi connectivity index (χ3v) is 3.33. The number of aryl methyl sites for hydroxylation is 1. The van der Waals surface area contributed by atoms with E-state index < -0.39 is 0 Å². The number of hydrogen-bond acceptors (Lipinski definition) is 3. The van der Waals surface area contributed by atoms with Gasteiger partial charge in [0.25, 0.3) is 0 Å². The van der Waals surface area contributed by atoms with E-state index >= 15 is 0 Å². The molecule has 0 spiro atoms. The Kier molecular flexibility index (Phi) is 4.31. The van der Waals surface area contributed by atoms with Gasteiger partial charge in [-0.25, -0.2) is 0 Å². The molecule has 0 radical (unpaired) electrons. The van der Waals surface area contributed by atoms with E-state index in [4.69, 9.17) is 5.26 Å². The molecule has 1 rings (SSSR count). The van der Waals surface area contributed by atoms with Crippen molar-refractivity contribution in [2.24, 2.45) is 5.41 Å². The van der Waals surface area contributed by atoms with Gasteiger partial charge in [-0.05, 0) is 45.9 Å². The number of nitrogens with one attached hydrogen (secondary N) is 1. The number of thiophene rings is 1. The molecule has 0 saturated heterocycles. The molecule has 0 unspecified atom stereocenters. The lowest BCUT2D eigenvalue weighted by Gasteiger charge is -2.14. The molecule has 0 bridgehead atoms. The van der Waals surface area contributed by atoms with Crippen molar-refractivity contribution in [3.8, 4) is 6.07 Å². The zero-order valence-corrected chi connectivity index (χ0v) is 10.4. The van der Waals surface area contributed by atoms with E-state index in [2.05, 4.69) is 30.4 Å². The molecule has 0 aromatic carbocycles. The maximum atomic E-state index is 8.84. The molecule has 82 valence electrons. The summed E-state index contributed by atoms with van der Waals surface area (Å²) in [4.78, 5) is 2.71. The van der Waals surface area contributed by atoms with Gasteiger partial charge in [0, 0.05) is 16.3 Å². The number of rotatable bonds is 5. The second-order valence-corrected chi connectivity index (χ2v) is 5.81. The molecule has 1 aromatic heterocycles. The standard InChI is InChI=1S/C12H18N2S/c1-10-4-5-11(15-10)8-14-7-6-12(2,3)9-13/h4-5,14H,6-8H2,1-3H3. The van der Waals surface area contributed by atoms with Crippen molar-refractivity contribution in [3.05, 3.63) is 21.9 Å². The topological polar surface area (TPSA) is 35.8 Å². The number of hydrogen-bond donors (Lipinski definition) is 1. The van der Waals surface area contributed by atoms with Crippen LogP contribution in [0.3, 0.4) is 0 Å². The van der Waals surface area contributed by atoms with Crippen LogP contribution in [0.1, 0.15) is 30.0 Å². The first-order valence-electron chi connectivity index (χ1n) is 5.21. The maximum Gasteiger partial charge on any atom is 0.0684 e. The maximum absolute atomic E-state index is 8.84. The minimum Gasteiger partial charge on any atom is -0.312 e. The third-order valence-electron chi connectivity index (χ3n) is 2.32. The average molecular weight is 222 g/mol.